The van der Waals surface area contributed by atoms with E-state index in [9.17, 15) is 5.11 Å². The fraction of sp³-hybridized carbons (Fsp3) is 1.00. The number of β-amino-alcohol motifs (C(OH)–C–C–N with tert-alkyl or cyclic N) is 1. The minimum Gasteiger partial charge on any atom is -0.392 e. The molecule has 94 valence electrons. The Balaban J connectivity index is 1.51. The lowest BCUT2D eigenvalue weighted by Gasteiger charge is -2.20. The van der Waals surface area contributed by atoms with Crippen LogP contribution < -0.4 is 0 Å². The van der Waals surface area contributed by atoms with E-state index in [-0.39, 0.29) is 6.10 Å². The van der Waals surface area contributed by atoms with Gasteiger partial charge in [0.2, 0.25) is 0 Å². The minimum atomic E-state index is -0.0966. The van der Waals surface area contributed by atoms with E-state index < -0.39 is 0 Å². The Bertz CT molecular complexity index is 186. The first kappa shape index (κ1) is 12.3. The van der Waals surface area contributed by atoms with Gasteiger partial charge in [0.05, 0.1) is 6.10 Å². The molecule has 2 aliphatic heterocycles. The summed E-state index contributed by atoms with van der Waals surface area (Å²) < 4.78 is 0. The van der Waals surface area contributed by atoms with E-state index in [4.69, 9.17) is 0 Å². The van der Waals surface area contributed by atoms with Crippen molar-refractivity contribution in [2.75, 3.05) is 39.3 Å². The second-order valence-corrected chi connectivity index (χ2v) is 5.35. The zero-order valence-corrected chi connectivity index (χ0v) is 10.4. The van der Waals surface area contributed by atoms with Gasteiger partial charge in [0.25, 0.3) is 0 Å². The van der Waals surface area contributed by atoms with Crippen molar-refractivity contribution >= 4 is 0 Å². The van der Waals surface area contributed by atoms with Crippen molar-refractivity contribution in [3.05, 3.63) is 0 Å². The standard InChI is InChI=1S/C13H26N2O/c16-13(12-15-9-3-4-10-15)6-5-11-14-7-1-2-8-14/h13,16H,1-12H2. The van der Waals surface area contributed by atoms with Gasteiger partial charge in [0, 0.05) is 6.54 Å². The molecule has 2 heterocycles. The molecule has 0 amide bonds. The van der Waals surface area contributed by atoms with Crippen LogP contribution in [-0.4, -0.2) is 60.3 Å². The average molecular weight is 226 g/mol. The molecule has 0 spiro atoms. The maximum Gasteiger partial charge on any atom is 0.0667 e. The van der Waals surface area contributed by atoms with E-state index in [1.807, 2.05) is 0 Å². The summed E-state index contributed by atoms with van der Waals surface area (Å²) in [6, 6.07) is 0. The Morgan fingerprint density at radius 2 is 1.44 bits per heavy atom. The van der Waals surface area contributed by atoms with Crippen LogP contribution in [0.1, 0.15) is 38.5 Å². The normalized spacial score (nSPS) is 25.3. The SMILES string of the molecule is OC(CCCN1CCCC1)CN1CCCC1. The molecule has 1 unspecified atom stereocenters. The average Bonchev–Trinajstić information content (AvgIpc) is 2.90. The van der Waals surface area contributed by atoms with Crippen LogP contribution in [0.3, 0.4) is 0 Å². The molecular weight excluding hydrogens is 200 g/mol. The third-order valence-electron chi connectivity index (χ3n) is 3.88. The first-order valence-electron chi connectivity index (χ1n) is 6.97. The van der Waals surface area contributed by atoms with Gasteiger partial charge in [-0.2, -0.15) is 0 Å². The molecule has 2 fully saturated rings. The van der Waals surface area contributed by atoms with Gasteiger partial charge in [-0.3, -0.25) is 0 Å². The fourth-order valence-electron chi connectivity index (χ4n) is 2.91. The molecule has 16 heavy (non-hydrogen) atoms. The summed E-state index contributed by atoms with van der Waals surface area (Å²) in [5.74, 6) is 0. The Kier molecular flexibility index (Phi) is 5.07. The molecule has 0 aromatic carbocycles. The highest BCUT2D eigenvalue weighted by Gasteiger charge is 2.16. The third-order valence-corrected chi connectivity index (χ3v) is 3.88. The molecule has 1 N–H and O–H groups in total. The van der Waals surface area contributed by atoms with Crippen LogP contribution in [-0.2, 0) is 0 Å². The van der Waals surface area contributed by atoms with Gasteiger partial charge in [0.1, 0.15) is 0 Å². The number of hydrogen-bond donors (Lipinski definition) is 1. The largest absolute Gasteiger partial charge is 0.392 e. The quantitative estimate of drug-likeness (QED) is 0.740. The number of hydrogen-bond acceptors (Lipinski definition) is 3. The Labute approximate surface area is 99.4 Å². The highest BCUT2D eigenvalue weighted by molar-refractivity contribution is 4.71. The molecule has 3 nitrogen and oxygen atoms in total. The molecule has 3 heteroatoms. The molecule has 2 rings (SSSR count). The summed E-state index contributed by atoms with van der Waals surface area (Å²) >= 11 is 0. The molecule has 0 aromatic heterocycles. The van der Waals surface area contributed by atoms with Crippen molar-refractivity contribution < 1.29 is 5.11 Å². The van der Waals surface area contributed by atoms with E-state index >= 15 is 0 Å². The molecule has 0 bridgehead atoms. The monoisotopic (exact) mass is 226 g/mol. The smallest absolute Gasteiger partial charge is 0.0667 e. The molecule has 0 aromatic rings. The van der Waals surface area contributed by atoms with Crippen LogP contribution in [0.2, 0.25) is 0 Å². The van der Waals surface area contributed by atoms with Crippen LogP contribution >= 0.6 is 0 Å². The molecule has 0 aliphatic carbocycles. The van der Waals surface area contributed by atoms with E-state index in [0.29, 0.717) is 0 Å². The Hall–Kier alpha value is -0.120. The molecular formula is C13H26N2O. The second kappa shape index (κ2) is 6.58. The summed E-state index contributed by atoms with van der Waals surface area (Å²) in [6.07, 6.45) is 7.43. The molecule has 1 atom stereocenters. The number of rotatable bonds is 6. The maximum atomic E-state index is 9.92. The van der Waals surface area contributed by atoms with Gasteiger partial charge in [0.15, 0.2) is 0 Å². The maximum absolute atomic E-state index is 9.92. The van der Waals surface area contributed by atoms with Crippen LogP contribution in [0.25, 0.3) is 0 Å². The van der Waals surface area contributed by atoms with Gasteiger partial charge < -0.3 is 14.9 Å². The molecule has 0 radical (unpaired) electrons. The number of likely N-dealkylation sites (tertiary alicyclic amines) is 2. The number of nitrogens with zero attached hydrogens (tertiary/aromatic N) is 2. The van der Waals surface area contributed by atoms with Crippen molar-refractivity contribution in [1.82, 2.24) is 9.80 Å². The zero-order chi connectivity index (χ0) is 11.2. The topological polar surface area (TPSA) is 26.7 Å². The van der Waals surface area contributed by atoms with E-state index in [2.05, 4.69) is 9.80 Å². The highest BCUT2D eigenvalue weighted by atomic mass is 16.3. The van der Waals surface area contributed by atoms with Crippen LogP contribution in [0, 0.1) is 0 Å². The predicted octanol–water partition coefficient (Wildman–Crippen LogP) is 1.32. The van der Waals surface area contributed by atoms with Gasteiger partial charge in [-0.1, -0.05) is 0 Å². The first-order chi connectivity index (χ1) is 7.84. The molecule has 0 saturated carbocycles. The van der Waals surface area contributed by atoms with E-state index in [1.54, 1.807) is 0 Å². The van der Waals surface area contributed by atoms with Gasteiger partial charge in [-0.25, -0.2) is 0 Å². The van der Waals surface area contributed by atoms with Crippen molar-refractivity contribution in [3.63, 3.8) is 0 Å². The second-order valence-electron chi connectivity index (χ2n) is 5.35. The van der Waals surface area contributed by atoms with Crippen molar-refractivity contribution in [2.45, 2.75) is 44.6 Å². The number of aliphatic hydroxyl groups excluding tert-OH is 1. The van der Waals surface area contributed by atoms with E-state index in [1.165, 1.54) is 58.4 Å². The van der Waals surface area contributed by atoms with Crippen molar-refractivity contribution in [2.24, 2.45) is 0 Å². The summed E-state index contributed by atoms with van der Waals surface area (Å²) in [5.41, 5.74) is 0. The van der Waals surface area contributed by atoms with Crippen molar-refractivity contribution in [1.29, 1.82) is 0 Å². The van der Waals surface area contributed by atoms with Gasteiger partial charge in [-0.05, 0) is 71.2 Å². The molecule has 2 saturated heterocycles. The highest BCUT2D eigenvalue weighted by Crippen LogP contribution is 2.11. The lowest BCUT2D eigenvalue weighted by molar-refractivity contribution is 0.112. The van der Waals surface area contributed by atoms with Crippen LogP contribution in [0.4, 0.5) is 0 Å². The summed E-state index contributed by atoms with van der Waals surface area (Å²) in [7, 11) is 0. The summed E-state index contributed by atoms with van der Waals surface area (Å²) in [4.78, 5) is 4.93. The fourth-order valence-corrected chi connectivity index (χ4v) is 2.91. The minimum absolute atomic E-state index is 0.0966. The Morgan fingerprint density at radius 1 is 0.875 bits per heavy atom. The van der Waals surface area contributed by atoms with Gasteiger partial charge in [-0.15, -0.1) is 0 Å². The lowest BCUT2D eigenvalue weighted by atomic mass is 10.2. The van der Waals surface area contributed by atoms with Crippen LogP contribution in [0.15, 0.2) is 0 Å². The summed E-state index contributed by atoms with van der Waals surface area (Å²) in [6.45, 7) is 7.05. The Morgan fingerprint density at radius 3 is 2.06 bits per heavy atom. The van der Waals surface area contributed by atoms with E-state index in [0.717, 1.165) is 19.4 Å². The third kappa shape index (κ3) is 4.04. The summed E-state index contributed by atoms with van der Waals surface area (Å²) in [5, 5.41) is 9.92. The predicted molar refractivity (Wildman–Crippen MR) is 66.6 cm³/mol. The zero-order valence-electron chi connectivity index (χ0n) is 10.4. The first-order valence-corrected chi connectivity index (χ1v) is 6.97. The number of aliphatic hydroxyl groups is 1. The van der Waals surface area contributed by atoms with Crippen molar-refractivity contribution in [3.8, 4) is 0 Å². The molecule has 2 aliphatic rings. The van der Waals surface area contributed by atoms with Crippen LogP contribution in [0.5, 0.6) is 0 Å². The van der Waals surface area contributed by atoms with Gasteiger partial charge >= 0.3 is 0 Å². The lowest BCUT2D eigenvalue weighted by Crippen LogP contribution is -2.30.